The molecule has 0 aromatic carbocycles. The summed E-state index contributed by atoms with van der Waals surface area (Å²) < 4.78 is 2.24. The lowest BCUT2D eigenvalue weighted by molar-refractivity contribution is 0.266. The number of hydrogen-bond donors (Lipinski definition) is 3. The first-order chi connectivity index (χ1) is 15.7. The fraction of sp³-hybridized carbons (Fsp3) is 0.542. The number of aromatic nitrogens is 4. The number of fused-ring (bicyclic) bond motifs is 1. The lowest BCUT2D eigenvalue weighted by Crippen LogP contribution is -2.43. The summed E-state index contributed by atoms with van der Waals surface area (Å²) in [6.45, 7) is 10.1. The number of aliphatic hydroxyl groups is 1. The molecule has 172 valence electrons. The van der Waals surface area contributed by atoms with Crippen molar-refractivity contribution >= 4 is 28.5 Å². The normalized spacial score (nSPS) is 16.8. The van der Waals surface area contributed by atoms with Crippen molar-refractivity contribution in [2.24, 2.45) is 0 Å². The van der Waals surface area contributed by atoms with E-state index >= 15 is 0 Å². The van der Waals surface area contributed by atoms with Gasteiger partial charge in [-0.25, -0.2) is 9.97 Å². The van der Waals surface area contributed by atoms with Gasteiger partial charge in [-0.3, -0.25) is 0 Å². The van der Waals surface area contributed by atoms with E-state index in [9.17, 15) is 5.11 Å². The van der Waals surface area contributed by atoms with Gasteiger partial charge in [0.15, 0.2) is 0 Å². The summed E-state index contributed by atoms with van der Waals surface area (Å²) in [5.74, 6) is 1.26. The van der Waals surface area contributed by atoms with Crippen molar-refractivity contribution in [2.45, 2.75) is 59.1 Å². The molecule has 4 heterocycles. The molecular weight excluding hydrogens is 402 g/mol. The topological polar surface area (TPSA) is 91.1 Å². The van der Waals surface area contributed by atoms with Gasteiger partial charge >= 0.3 is 0 Å². The molecule has 0 radical (unpaired) electrons. The Morgan fingerprint density at radius 2 is 1.84 bits per heavy atom. The van der Waals surface area contributed by atoms with Crippen molar-refractivity contribution < 1.29 is 5.11 Å². The number of nitrogens with zero attached hydrogens (tertiary/aromatic N) is 5. The van der Waals surface area contributed by atoms with E-state index in [1.54, 1.807) is 0 Å². The zero-order valence-corrected chi connectivity index (χ0v) is 19.4. The average Bonchev–Trinajstić information content (AvgIpc) is 3.47. The highest BCUT2D eigenvalue weighted by atomic mass is 16.3. The second-order valence-corrected chi connectivity index (χ2v) is 8.23. The molecule has 0 atom stereocenters. The van der Waals surface area contributed by atoms with Gasteiger partial charge in [-0.1, -0.05) is 26.7 Å². The molecule has 3 N–H and O–H groups in total. The van der Waals surface area contributed by atoms with Gasteiger partial charge in [0.25, 0.3) is 0 Å². The van der Waals surface area contributed by atoms with Gasteiger partial charge in [0.2, 0.25) is 5.95 Å². The molecule has 0 bridgehead atoms. The molecule has 8 heteroatoms. The van der Waals surface area contributed by atoms with Gasteiger partial charge in [0.05, 0.1) is 18.5 Å². The zero-order chi connectivity index (χ0) is 22.5. The van der Waals surface area contributed by atoms with Gasteiger partial charge in [-0.2, -0.15) is 4.98 Å². The van der Waals surface area contributed by atoms with Crippen molar-refractivity contribution in [3.63, 3.8) is 0 Å². The Hall–Kier alpha value is -2.71. The maximum atomic E-state index is 10.00. The number of hydrogen-bond acceptors (Lipinski definition) is 7. The quantitative estimate of drug-likeness (QED) is 0.557. The average molecular weight is 438 g/mol. The molecule has 1 saturated heterocycles. The Balaban J connectivity index is 0.00000119. The van der Waals surface area contributed by atoms with Crippen LogP contribution in [0.3, 0.4) is 0 Å². The van der Waals surface area contributed by atoms with E-state index < -0.39 is 0 Å². The summed E-state index contributed by atoms with van der Waals surface area (Å²) in [4.78, 5) is 16.2. The highest BCUT2D eigenvalue weighted by molar-refractivity contribution is 5.82. The molecule has 5 rings (SSSR count). The van der Waals surface area contributed by atoms with Gasteiger partial charge in [0.1, 0.15) is 11.5 Å². The summed E-state index contributed by atoms with van der Waals surface area (Å²) in [5, 5.41) is 17.6. The monoisotopic (exact) mass is 437 g/mol. The number of anilines is 3. The van der Waals surface area contributed by atoms with Crippen molar-refractivity contribution in [2.75, 3.05) is 36.4 Å². The third-order valence-electron chi connectivity index (χ3n) is 6.43. The Bertz CT molecular complexity index is 1020. The molecule has 0 spiro atoms. The SMILES string of the molecule is CC.Cc1c(CO)n(C2CCCC2)c2nc(Nc3ccc(N4CCNCC4)cn3)ncc12. The van der Waals surface area contributed by atoms with Crippen LogP contribution < -0.4 is 15.5 Å². The van der Waals surface area contributed by atoms with Gasteiger partial charge in [-0.15, -0.1) is 0 Å². The molecule has 2 fully saturated rings. The van der Waals surface area contributed by atoms with Crippen molar-refractivity contribution in [3.05, 3.63) is 35.8 Å². The maximum absolute atomic E-state index is 10.00. The second-order valence-electron chi connectivity index (χ2n) is 8.23. The second kappa shape index (κ2) is 10.3. The predicted octanol–water partition coefficient (Wildman–Crippen LogP) is 3.92. The largest absolute Gasteiger partial charge is 0.390 e. The minimum Gasteiger partial charge on any atom is -0.390 e. The fourth-order valence-electron chi connectivity index (χ4n) is 4.78. The van der Waals surface area contributed by atoms with E-state index in [-0.39, 0.29) is 6.61 Å². The molecule has 1 aliphatic heterocycles. The third kappa shape index (κ3) is 4.42. The molecule has 1 aliphatic carbocycles. The highest BCUT2D eigenvalue weighted by Crippen LogP contribution is 2.36. The van der Waals surface area contributed by atoms with E-state index in [1.807, 2.05) is 39.2 Å². The molecule has 2 aliphatic rings. The Labute approximate surface area is 190 Å². The molecular formula is C24H35N7O. The van der Waals surface area contributed by atoms with Crippen molar-refractivity contribution in [1.29, 1.82) is 0 Å². The Kier molecular flexibility index (Phi) is 7.22. The molecule has 32 heavy (non-hydrogen) atoms. The van der Waals surface area contributed by atoms with Crippen LogP contribution in [0.1, 0.15) is 56.8 Å². The van der Waals surface area contributed by atoms with Crippen molar-refractivity contribution in [3.8, 4) is 0 Å². The molecule has 3 aromatic rings. The fourth-order valence-corrected chi connectivity index (χ4v) is 4.78. The first-order valence-corrected chi connectivity index (χ1v) is 11.9. The number of rotatable bonds is 5. The predicted molar refractivity (Wildman–Crippen MR) is 130 cm³/mol. The van der Waals surface area contributed by atoms with Gasteiger partial charge < -0.3 is 25.2 Å². The van der Waals surface area contributed by atoms with E-state index in [0.717, 1.165) is 72.8 Å². The summed E-state index contributed by atoms with van der Waals surface area (Å²) in [6, 6.07) is 4.47. The van der Waals surface area contributed by atoms with Gasteiger partial charge in [0, 0.05) is 49.5 Å². The van der Waals surface area contributed by atoms with Crippen LogP contribution in [0.5, 0.6) is 0 Å². The van der Waals surface area contributed by atoms with Crippen molar-refractivity contribution in [1.82, 2.24) is 24.8 Å². The van der Waals surface area contributed by atoms with Crippen LogP contribution in [0, 0.1) is 6.92 Å². The number of nitrogens with one attached hydrogen (secondary N) is 2. The summed E-state index contributed by atoms with van der Waals surface area (Å²) in [7, 11) is 0. The lowest BCUT2D eigenvalue weighted by atomic mass is 10.2. The van der Waals surface area contributed by atoms with Crippen LogP contribution in [-0.4, -0.2) is 50.8 Å². The number of aryl methyl sites for hydroxylation is 1. The zero-order valence-electron chi connectivity index (χ0n) is 19.4. The van der Waals surface area contributed by atoms with E-state index in [2.05, 4.69) is 36.1 Å². The van der Waals surface area contributed by atoms with Crippen LogP contribution in [0.15, 0.2) is 24.5 Å². The molecule has 8 nitrogen and oxygen atoms in total. The number of aliphatic hydroxyl groups excluding tert-OH is 1. The maximum Gasteiger partial charge on any atom is 0.230 e. The standard InChI is InChI=1S/C22H29N7O.C2H6/c1-15-18-13-25-22(27-21(18)29(19(15)14-30)16-4-2-3-5-16)26-20-7-6-17(12-24-20)28-10-8-23-9-11-28;1-2/h6-7,12-13,16,23,30H,2-5,8-11,14H2,1H3,(H,24,25,26,27);1-2H3. The summed E-state index contributed by atoms with van der Waals surface area (Å²) >= 11 is 0. The minimum absolute atomic E-state index is 0.0243. The van der Waals surface area contributed by atoms with Crippen LogP contribution in [-0.2, 0) is 6.61 Å². The molecule has 0 unspecified atom stereocenters. The molecule has 3 aromatic heterocycles. The van der Waals surface area contributed by atoms with E-state index in [0.29, 0.717) is 12.0 Å². The van der Waals surface area contributed by atoms with Crippen LogP contribution in [0.2, 0.25) is 0 Å². The molecule has 0 amide bonds. The third-order valence-corrected chi connectivity index (χ3v) is 6.43. The highest BCUT2D eigenvalue weighted by Gasteiger charge is 2.24. The summed E-state index contributed by atoms with van der Waals surface area (Å²) in [6.07, 6.45) is 8.50. The molecule has 1 saturated carbocycles. The van der Waals surface area contributed by atoms with Crippen LogP contribution in [0.25, 0.3) is 11.0 Å². The van der Waals surface area contributed by atoms with Gasteiger partial charge in [-0.05, 0) is 37.5 Å². The van der Waals surface area contributed by atoms with Crippen LogP contribution >= 0.6 is 0 Å². The van der Waals surface area contributed by atoms with E-state index in [4.69, 9.17) is 4.98 Å². The number of pyridine rings is 1. The first-order valence-electron chi connectivity index (χ1n) is 11.9. The van der Waals surface area contributed by atoms with Crippen LogP contribution in [0.4, 0.5) is 17.5 Å². The minimum atomic E-state index is 0.0243. The first kappa shape index (κ1) is 22.5. The van der Waals surface area contributed by atoms with E-state index in [1.165, 1.54) is 12.8 Å². The smallest absolute Gasteiger partial charge is 0.230 e. The number of piperazine rings is 1. The Morgan fingerprint density at radius 3 is 2.50 bits per heavy atom. The summed E-state index contributed by atoms with van der Waals surface area (Å²) in [5.41, 5.74) is 4.07. The Morgan fingerprint density at radius 1 is 1.09 bits per heavy atom. The lowest BCUT2D eigenvalue weighted by Gasteiger charge is -2.29.